The largest absolute Gasteiger partial charge is 0.332 e. The van der Waals surface area contributed by atoms with Crippen molar-refractivity contribution in [1.29, 1.82) is 0 Å². The molecule has 0 aliphatic carbocycles. The van der Waals surface area contributed by atoms with Crippen LogP contribution in [0, 0.1) is 0 Å². The Balaban J connectivity index is 1.81. The van der Waals surface area contributed by atoms with Crippen molar-refractivity contribution in [1.82, 2.24) is 4.90 Å². The van der Waals surface area contributed by atoms with Gasteiger partial charge in [-0.3, -0.25) is 4.79 Å². The molecule has 0 radical (unpaired) electrons. The van der Waals surface area contributed by atoms with Crippen LogP contribution in [0.5, 0.6) is 0 Å². The maximum absolute atomic E-state index is 13.3. The summed E-state index contributed by atoms with van der Waals surface area (Å²) in [4.78, 5) is 29.3. The standard InChI is InChI=1S/C23H20N2O2/c1-17-22(26)25(20-15-9-4-10-16-20)23(27)24(17)21(18-11-5-2-6-12-18)19-13-7-3-8-14-19/h2-17,21H,1H3. The number of urea groups is 1. The SMILES string of the molecule is CC1C(=O)N(c2ccccc2)C(=O)N1C(c1ccccc1)c1ccccc1. The minimum Gasteiger partial charge on any atom is -0.301 e. The minimum atomic E-state index is -0.553. The molecule has 1 aliphatic heterocycles. The average Bonchev–Trinajstić information content (AvgIpc) is 2.94. The predicted octanol–water partition coefficient (Wildman–Crippen LogP) is 4.63. The summed E-state index contributed by atoms with van der Waals surface area (Å²) in [6.45, 7) is 1.79. The quantitative estimate of drug-likeness (QED) is 0.639. The van der Waals surface area contributed by atoms with Gasteiger partial charge in [0, 0.05) is 0 Å². The zero-order valence-electron chi connectivity index (χ0n) is 15.0. The van der Waals surface area contributed by atoms with Crippen LogP contribution in [-0.2, 0) is 4.79 Å². The monoisotopic (exact) mass is 356 g/mol. The number of benzene rings is 3. The van der Waals surface area contributed by atoms with Crippen molar-refractivity contribution < 1.29 is 9.59 Å². The summed E-state index contributed by atoms with van der Waals surface area (Å²) in [5.41, 5.74) is 2.56. The number of anilines is 1. The molecule has 3 amide bonds. The summed E-state index contributed by atoms with van der Waals surface area (Å²) in [6, 6.07) is 27.6. The van der Waals surface area contributed by atoms with Crippen molar-refractivity contribution in [3.63, 3.8) is 0 Å². The van der Waals surface area contributed by atoms with E-state index in [0.29, 0.717) is 5.69 Å². The van der Waals surface area contributed by atoms with Gasteiger partial charge in [0.05, 0.1) is 11.7 Å². The third-order valence-corrected chi connectivity index (χ3v) is 4.93. The number of rotatable bonds is 4. The summed E-state index contributed by atoms with van der Waals surface area (Å²) in [5.74, 6) is -0.205. The highest BCUT2D eigenvalue weighted by atomic mass is 16.2. The molecule has 4 rings (SSSR count). The van der Waals surface area contributed by atoms with Crippen molar-refractivity contribution in [2.45, 2.75) is 19.0 Å². The van der Waals surface area contributed by atoms with Crippen LogP contribution >= 0.6 is 0 Å². The second-order valence-electron chi connectivity index (χ2n) is 6.60. The molecule has 27 heavy (non-hydrogen) atoms. The van der Waals surface area contributed by atoms with Crippen LogP contribution in [0.15, 0.2) is 91.0 Å². The zero-order valence-corrected chi connectivity index (χ0v) is 15.0. The number of amides is 3. The van der Waals surface area contributed by atoms with Gasteiger partial charge in [-0.1, -0.05) is 78.9 Å². The van der Waals surface area contributed by atoms with E-state index < -0.39 is 6.04 Å². The maximum Gasteiger partial charge on any atom is 0.332 e. The van der Waals surface area contributed by atoms with Crippen LogP contribution in [-0.4, -0.2) is 22.9 Å². The van der Waals surface area contributed by atoms with Crippen LogP contribution in [0.4, 0.5) is 10.5 Å². The van der Waals surface area contributed by atoms with Crippen molar-refractivity contribution >= 4 is 17.6 Å². The molecular formula is C23H20N2O2. The van der Waals surface area contributed by atoms with Gasteiger partial charge >= 0.3 is 6.03 Å². The molecule has 3 aromatic carbocycles. The van der Waals surface area contributed by atoms with E-state index in [-0.39, 0.29) is 18.0 Å². The molecule has 1 unspecified atom stereocenters. The van der Waals surface area contributed by atoms with E-state index in [2.05, 4.69) is 0 Å². The molecule has 3 aromatic rings. The first-order valence-corrected chi connectivity index (χ1v) is 8.99. The van der Waals surface area contributed by atoms with Gasteiger partial charge in [0.15, 0.2) is 0 Å². The maximum atomic E-state index is 13.3. The van der Waals surface area contributed by atoms with Gasteiger partial charge in [-0.15, -0.1) is 0 Å². The third-order valence-electron chi connectivity index (χ3n) is 4.93. The Hall–Kier alpha value is -3.40. The van der Waals surface area contributed by atoms with Gasteiger partial charge in [-0.05, 0) is 30.2 Å². The number of nitrogens with zero attached hydrogens (tertiary/aromatic N) is 2. The van der Waals surface area contributed by atoms with Gasteiger partial charge in [0.25, 0.3) is 5.91 Å². The van der Waals surface area contributed by atoms with E-state index in [4.69, 9.17) is 0 Å². The van der Waals surface area contributed by atoms with Crippen molar-refractivity contribution in [2.75, 3.05) is 4.90 Å². The number of para-hydroxylation sites is 1. The highest BCUT2D eigenvalue weighted by Crippen LogP contribution is 2.36. The lowest BCUT2D eigenvalue weighted by Gasteiger charge is -2.30. The lowest BCUT2D eigenvalue weighted by Crippen LogP contribution is -2.38. The molecule has 1 saturated heterocycles. The number of hydrogen-bond acceptors (Lipinski definition) is 2. The van der Waals surface area contributed by atoms with Crippen LogP contribution < -0.4 is 4.90 Å². The normalized spacial score (nSPS) is 17.0. The second kappa shape index (κ2) is 7.08. The Morgan fingerprint density at radius 2 is 1.15 bits per heavy atom. The first-order valence-electron chi connectivity index (χ1n) is 8.99. The molecule has 1 atom stereocenters. The first-order chi connectivity index (χ1) is 13.2. The van der Waals surface area contributed by atoms with Gasteiger partial charge in [0.2, 0.25) is 0 Å². The van der Waals surface area contributed by atoms with E-state index in [0.717, 1.165) is 11.1 Å². The molecule has 4 nitrogen and oxygen atoms in total. The molecule has 0 spiro atoms. The summed E-state index contributed by atoms with van der Waals surface area (Å²) in [5, 5.41) is 0. The highest BCUT2D eigenvalue weighted by molar-refractivity contribution is 6.21. The van der Waals surface area contributed by atoms with E-state index in [1.165, 1.54) is 4.90 Å². The summed E-state index contributed by atoms with van der Waals surface area (Å²) < 4.78 is 0. The Morgan fingerprint density at radius 3 is 1.63 bits per heavy atom. The summed E-state index contributed by atoms with van der Waals surface area (Å²) >= 11 is 0. The molecule has 0 bridgehead atoms. The summed E-state index contributed by atoms with van der Waals surface area (Å²) in [7, 11) is 0. The van der Waals surface area contributed by atoms with E-state index in [1.807, 2.05) is 78.9 Å². The molecule has 1 fully saturated rings. The van der Waals surface area contributed by atoms with Crippen LogP contribution in [0.1, 0.15) is 24.1 Å². The van der Waals surface area contributed by atoms with E-state index in [1.54, 1.807) is 24.0 Å². The fourth-order valence-corrected chi connectivity index (χ4v) is 3.61. The number of imide groups is 1. The second-order valence-corrected chi connectivity index (χ2v) is 6.60. The Bertz CT molecular complexity index is 902. The molecule has 0 N–H and O–H groups in total. The minimum absolute atomic E-state index is 0.205. The molecule has 4 heteroatoms. The molecule has 1 heterocycles. The number of carbonyl (C=O) groups excluding carboxylic acids is 2. The first kappa shape index (κ1) is 17.0. The van der Waals surface area contributed by atoms with Gasteiger partial charge < -0.3 is 4.90 Å². The van der Waals surface area contributed by atoms with Gasteiger partial charge in [-0.25, -0.2) is 9.69 Å². The van der Waals surface area contributed by atoms with Crippen LogP contribution in [0.2, 0.25) is 0 Å². The fourth-order valence-electron chi connectivity index (χ4n) is 3.61. The molecule has 134 valence electrons. The van der Waals surface area contributed by atoms with Crippen molar-refractivity contribution in [3.8, 4) is 0 Å². The number of carbonyl (C=O) groups is 2. The Kier molecular flexibility index (Phi) is 4.47. The van der Waals surface area contributed by atoms with Crippen molar-refractivity contribution in [2.24, 2.45) is 0 Å². The fraction of sp³-hybridized carbons (Fsp3) is 0.130. The third kappa shape index (κ3) is 2.99. The highest BCUT2D eigenvalue weighted by Gasteiger charge is 2.47. The van der Waals surface area contributed by atoms with Crippen LogP contribution in [0.3, 0.4) is 0 Å². The molecule has 1 aliphatic rings. The van der Waals surface area contributed by atoms with Gasteiger partial charge in [0.1, 0.15) is 6.04 Å². The smallest absolute Gasteiger partial charge is 0.301 e. The van der Waals surface area contributed by atoms with Gasteiger partial charge in [-0.2, -0.15) is 0 Å². The van der Waals surface area contributed by atoms with Crippen LogP contribution in [0.25, 0.3) is 0 Å². The molecule has 0 saturated carbocycles. The lowest BCUT2D eigenvalue weighted by molar-refractivity contribution is -0.119. The Labute approximate surface area is 158 Å². The number of hydrogen-bond donors (Lipinski definition) is 0. The predicted molar refractivity (Wildman–Crippen MR) is 105 cm³/mol. The van der Waals surface area contributed by atoms with Crippen molar-refractivity contribution in [3.05, 3.63) is 102 Å². The summed E-state index contributed by atoms with van der Waals surface area (Å²) in [6.07, 6.45) is 0. The molecule has 0 aromatic heterocycles. The topological polar surface area (TPSA) is 40.6 Å². The average molecular weight is 356 g/mol. The Morgan fingerprint density at radius 1 is 0.704 bits per heavy atom. The lowest BCUT2D eigenvalue weighted by atomic mass is 9.96. The van der Waals surface area contributed by atoms with E-state index >= 15 is 0 Å². The molecular weight excluding hydrogens is 336 g/mol. The zero-order chi connectivity index (χ0) is 18.8. The van der Waals surface area contributed by atoms with E-state index in [9.17, 15) is 9.59 Å².